The quantitative estimate of drug-likeness (QED) is 0.245. The van der Waals surface area contributed by atoms with Crippen LogP contribution in [0.15, 0.2) is 113 Å². The van der Waals surface area contributed by atoms with Gasteiger partial charge in [0.2, 0.25) is 0 Å². The van der Waals surface area contributed by atoms with Gasteiger partial charge in [0.25, 0.3) is 10.0 Å². The highest BCUT2D eigenvalue weighted by Crippen LogP contribution is 2.44. The maximum absolute atomic E-state index is 13.6. The summed E-state index contributed by atoms with van der Waals surface area (Å²) in [5.41, 5.74) is 6.23. The first-order chi connectivity index (χ1) is 17.9. The summed E-state index contributed by atoms with van der Waals surface area (Å²) in [5, 5.41) is 1.77. The monoisotopic (exact) mass is 506 g/mol. The predicted molar refractivity (Wildman–Crippen MR) is 149 cm³/mol. The van der Waals surface area contributed by atoms with Crippen LogP contribution >= 0.6 is 0 Å². The van der Waals surface area contributed by atoms with E-state index in [1.54, 1.807) is 24.3 Å². The van der Waals surface area contributed by atoms with Gasteiger partial charge < -0.3 is 9.40 Å². The summed E-state index contributed by atoms with van der Waals surface area (Å²) in [6, 6.07) is 30.7. The molecular formula is C31H26N2O3S. The molecule has 6 heteroatoms. The Bertz CT molecular complexity index is 1830. The Morgan fingerprint density at radius 3 is 2.11 bits per heavy atom. The first-order valence-corrected chi connectivity index (χ1v) is 13.6. The van der Waals surface area contributed by atoms with E-state index in [-0.39, 0.29) is 10.8 Å². The third-order valence-electron chi connectivity index (χ3n) is 6.80. The normalized spacial score (nSPS) is 12.7. The third kappa shape index (κ3) is 4.19. The molecule has 6 aromatic rings. The van der Waals surface area contributed by atoms with Crippen molar-refractivity contribution in [2.45, 2.75) is 24.7 Å². The van der Waals surface area contributed by atoms with Crippen LogP contribution in [0.2, 0.25) is 0 Å². The van der Waals surface area contributed by atoms with Crippen LogP contribution in [0, 0.1) is 13.8 Å². The number of furan rings is 1. The van der Waals surface area contributed by atoms with E-state index >= 15 is 0 Å². The molecular weight excluding hydrogens is 480 g/mol. The van der Waals surface area contributed by atoms with E-state index in [9.17, 15) is 8.42 Å². The topological polar surface area (TPSA) is 75.1 Å². The lowest BCUT2D eigenvalue weighted by Crippen LogP contribution is -2.15. The lowest BCUT2D eigenvalue weighted by Gasteiger charge is -2.18. The lowest BCUT2D eigenvalue weighted by atomic mass is 9.87. The summed E-state index contributed by atoms with van der Waals surface area (Å²) < 4.78 is 36.5. The summed E-state index contributed by atoms with van der Waals surface area (Å²) in [5.74, 6) is 0.199. The number of H-pyrrole nitrogens is 1. The van der Waals surface area contributed by atoms with Crippen LogP contribution in [0.3, 0.4) is 0 Å². The van der Waals surface area contributed by atoms with E-state index in [0.717, 1.165) is 33.2 Å². The summed E-state index contributed by atoms with van der Waals surface area (Å²) in [4.78, 5) is 3.57. The Labute approximate surface area is 215 Å². The number of aryl methyl sites for hydroxylation is 2. The number of fused-ring (bicyclic) bond motifs is 2. The summed E-state index contributed by atoms with van der Waals surface area (Å²) in [6.45, 7) is 3.98. The second-order valence-electron chi connectivity index (χ2n) is 9.39. The number of aromatic nitrogens is 1. The zero-order chi connectivity index (χ0) is 25.6. The van der Waals surface area contributed by atoms with Gasteiger partial charge in [0.15, 0.2) is 0 Å². The van der Waals surface area contributed by atoms with Crippen LogP contribution in [-0.2, 0) is 10.0 Å². The zero-order valence-electron chi connectivity index (χ0n) is 20.5. The van der Waals surface area contributed by atoms with Gasteiger partial charge in [-0.2, -0.15) is 0 Å². The average Bonchev–Trinajstić information content (AvgIpc) is 3.48. The molecule has 184 valence electrons. The molecule has 2 heterocycles. The molecule has 0 saturated carbocycles. The Balaban J connectivity index is 1.59. The number of sulfonamides is 1. The Morgan fingerprint density at radius 2 is 1.38 bits per heavy atom. The number of aromatic amines is 1. The molecule has 2 aromatic heterocycles. The minimum Gasteiger partial charge on any atom is -0.458 e. The molecule has 2 N–H and O–H groups in total. The van der Waals surface area contributed by atoms with Crippen molar-refractivity contribution in [3.63, 3.8) is 0 Å². The third-order valence-corrected chi connectivity index (χ3v) is 8.16. The lowest BCUT2D eigenvalue weighted by molar-refractivity contribution is 0.544. The van der Waals surface area contributed by atoms with E-state index in [1.807, 2.05) is 62.5 Å². The van der Waals surface area contributed by atoms with Crippen molar-refractivity contribution in [2.75, 3.05) is 4.72 Å². The van der Waals surface area contributed by atoms with Crippen molar-refractivity contribution in [1.29, 1.82) is 0 Å². The van der Waals surface area contributed by atoms with Crippen molar-refractivity contribution < 1.29 is 12.8 Å². The molecule has 0 aliphatic carbocycles. The van der Waals surface area contributed by atoms with Gasteiger partial charge in [0, 0.05) is 22.5 Å². The van der Waals surface area contributed by atoms with Gasteiger partial charge in [-0.25, -0.2) is 8.42 Å². The van der Waals surface area contributed by atoms with Crippen molar-refractivity contribution in [1.82, 2.24) is 4.98 Å². The molecule has 4 aromatic carbocycles. The van der Waals surface area contributed by atoms with Gasteiger partial charge >= 0.3 is 0 Å². The van der Waals surface area contributed by atoms with E-state index in [1.165, 1.54) is 0 Å². The summed E-state index contributed by atoms with van der Waals surface area (Å²) in [6.07, 6.45) is 1.99. The number of nitrogens with one attached hydrogen (secondary N) is 2. The van der Waals surface area contributed by atoms with Crippen LogP contribution in [0.5, 0.6) is 0 Å². The summed E-state index contributed by atoms with van der Waals surface area (Å²) in [7, 11) is -3.87. The van der Waals surface area contributed by atoms with Gasteiger partial charge in [-0.05, 0) is 55.3 Å². The number of para-hydroxylation sites is 2. The minimum atomic E-state index is -3.87. The van der Waals surface area contributed by atoms with Crippen molar-refractivity contribution in [3.8, 4) is 0 Å². The predicted octanol–water partition coefficient (Wildman–Crippen LogP) is 7.51. The number of benzene rings is 4. The first-order valence-electron chi connectivity index (χ1n) is 12.1. The highest BCUT2D eigenvalue weighted by molar-refractivity contribution is 7.92. The Hall–Kier alpha value is -4.29. The highest BCUT2D eigenvalue weighted by Gasteiger charge is 2.30. The minimum absolute atomic E-state index is 0.202. The fourth-order valence-electron chi connectivity index (χ4n) is 4.85. The number of rotatable bonds is 6. The zero-order valence-corrected chi connectivity index (χ0v) is 21.3. The number of hydrogen-bond donors (Lipinski definition) is 2. The van der Waals surface area contributed by atoms with Crippen LogP contribution in [0.1, 0.15) is 33.9 Å². The molecule has 1 unspecified atom stereocenters. The summed E-state index contributed by atoms with van der Waals surface area (Å²) >= 11 is 0. The molecule has 0 bridgehead atoms. The van der Waals surface area contributed by atoms with E-state index < -0.39 is 10.0 Å². The van der Waals surface area contributed by atoms with Crippen molar-refractivity contribution in [3.05, 3.63) is 131 Å². The highest BCUT2D eigenvalue weighted by atomic mass is 32.2. The molecule has 6 rings (SSSR count). The molecule has 37 heavy (non-hydrogen) atoms. The second-order valence-corrected chi connectivity index (χ2v) is 11.1. The smallest absolute Gasteiger partial charge is 0.262 e. The Kier molecular flexibility index (Phi) is 5.61. The van der Waals surface area contributed by atoms with Crippen LogP contribution in [-0.4, -0.2) is 13.4 Å². The van der Waals surface area contributed by atoms with Crippen LogP contribution in [0.25, 0.3) is 21.9 Å². The molecule has 0 saturated heterocycles. The van der Waals surface area contributed by atoms with Gasteiger partial charge in [-0.1, -0.05) is 77.9 Å². The molecule has 0 aliphatic rings. The molecule has 0 spiro atoms. The number of anilines is 1. The van der Waals surface area contributed by atoms with Gasteiger partial charge in [0.1, 0.15) is 11.3 Å². The van der Waals surface area contributed by atoms with Crippen molar-refractivity contribution >= 4 is 37.6 Å². The van der Waals surface area contributed by atoms with Crippen LogP contribution < -0.4 is 4.72 Å². The van der Waals surface area contributed by atoms with Gasteiger partial charge in [-0.15, -0.1) is 0 Å². The van der Waals surface area contributed by atoms with Crippen molar-refractivity contribution in [2.24, 2.45) is 0 Å². The van der Waals surface area contributed by atoms with E-state index in [2.05, 4.69) is 40.0 Å². The molecule has 0 aliphatic heterocycles. The van der Waals surface area contributed by atoms with Gasteiger partial charge in [0.05, 0.1) is 16.5 Å². The molecule has 0 amide bonds. The van der Waals surface area contributed by atoms with Gasteiger partial charge in [-0.3, -0.25) is 4.72 Å². The molecule has 0 fully saturated rings. The fourth-order valence-corrected chi connectivity index (χ4v) is 5.94. The second kappa shape index (κ2) is 8.98. The fraction of sp³-hybridized carbons (Fsp3) is 0.0968. The molecule has 1 atom stereocenters. The number of hydrogen-bond acceptors (Lipinski definition) is 3. The van der Waals surface area contributed by atoms with E-state index in [0.29, 0.717) is 22.4 Å². The molecule has 5 nitrogen and oxygen atoms in total. The molecule has 0 radical (unpaired) electrons. The maximum atomic E-state index is 13.6. The largest absolute Gasteiger partial charge is 0.458 e. The van der Waals surface area contributed by atoms with Crippen LogP contribution in [0.4, 0.5) is 5.69 Å². The maximum Gasteiger partial charge on any atom is 0.262 e. The Morgan fingerprint density at radius 1 is 0.757 bits per heavy atom. The SMILES string of the molecule is Cc1ccc(C(c2oc3ccccc3c2NS(=O)(=O)c2ccc(C)cc2)c2c[nH]c3ccccc23)cc1. The first kappa shape index (κ1) is 23.1. The standard InChI is InChI=1S/C31H26N2O3S/c1-20-11-15-22(16-12-20)29(26-19-32-27-9-5-3-7-24(26)27)31-30(25-8-4-6-10-28(25)36-31)33-37(34,35)23-17-13-21(2)14-18-23/h3-19,29,32-33H,1-2H3. The average molecular weight is 507 g/mol. The van der Waals surface area contributed by atoms with E-state index in [4.69, 9.17) is 4.42 Å².